The number of aryl methyl sites for hydroxylation is 1. The smallest absolute Gasteiger partial charge is 0.126 e. The van der Waals surface area contributed by atoms with Crippen LogP contribution >= 0.6 is 0 Å². The summed E-state index contributed by atoms with van der Waals surface area (Å²) in [5.74, 6) is -0.102. The molecule has 1 unspecified atom stereocenters. The first-order chi connectivity index (χ1) is 7.99. The summed E-state index contributed by atoms with van der Waals surface area (Å²) in [5, 5.41) is 3.57. The van der Waals surface area contributed by atoms with Crippen molar-refractivity contribution in [3.05, 3.63) is 35.1 Å². The summed E-state index contributed by atoms with van der Waals surface area (Å²) in [5.41, 5.74) is 2.13. The van der Waals surface area contributed by atoms with E-state index in [0.29, 0.717) is 11.5 Å². The van der Waals surface area contributed by atoms with Crippen LogP contribution in [0.2, 0.25) is 0 Å². The molecule has 1 aromatic rings. The van der Waals surface area contributed by atoms with E-state index in [1.165, 1.54) is 19.3 Å². The summed E-state index contributed by atoms with van der Waals surface area (Å²) in [6, 6.07) is 6.07. The third-order valence-electron chi connectivity index (χ3n) is 4.05. The molecule has 0 aromatic heterocycles. The van der Waals surface area contributed by atoms with Crippen molar-refractivity contribution in [2.24, 2.45) is 5.41 Å². The Labute approximate surface area is 103 Å². The summed E-state index contributed by atoms with van der Waals surface area (Å²) in [4.78, 5) is 0. The van der Waals surface area contributed by atoms with E-state index in [0.717, 1.165) is 17.7 Å². The summed E-state index contributed by atoms with van der Waals surface area (Å²) in [7, 11) is 0. The highest BCUT2D eigenvalue weighted by atomic mass is 19.1. The number of benzene rings is 1. The number of hydrogen-bond acceptors (Lipinski definition) is 1. The molecular weight excluding hydrogens is 213 g/mol. The second-order valence-electron chi connectivity index (χ2n) is 5.90. The van der Waals surface area contributed by atoms with Gasteiger partial charge in [0.25, 0.3) is 0 Å². The van der Waals surface area contributed by atoms with Gasteiger partial charge in [-0.2, -0.15) is 0 Å². The van der Waals surface area contributed by atoms with Crippen LogP contribution in [0.3, 0.4) is 0 Å². The molecule has 0 bridgehead atoms. The Hall–Kier alpha value is -0.890. The Bertz CT molecular complexity index is 398. The molecule has 0 spiro atoms. The first kappa shape index (κ1) is 12.6. The fraction of sp³-hybridized carbons (Fsp3) is 0.600. The van der Waals surface area contributed by atoms with Crippen LogP contribution in [0, 0.1) is 18.2 Å². The highest BCUT2D eigenvalue weighted by Crippen LogP contribution is 2.37. The van der Waals surface area contributed by atoms with Crippen LogP contribution in [-0.2, 0) is 6.54 Å². The van der Waals surface area contributed by atoms with Gasteiger partial charge in [0.15, 0.2) is 0 Å². The largest absolute Gasteiger partial charge is 0.309 e. The van der Waals surface area contributed by atoms with Gasteiger partial charge in [0.2, 0.25) is 0 Å². The SMILES string of the molecule is Cc1ccc(CNC2CCCC2(C)C)cc1F. The number of hydrogen-bond donors (Lipinski definition) is 1. The van der Waals surface area contributed by atoms with E-state index in [1.807, 2.05) is 12.1 Å². The minimum absolute atomic E-state index is 0.102. The van der Waals surface area contributed by atoms with Crippen LogP contribution in [0.4, 0.5) is 4.39 Å². The van der Waals surface area contributed by atoms with E-state index in [2.05, 4.69) is 19.2 Å². The molecule has 0 aliphatic heterocycles. The quantitative estimate of drug-likeness (QED) is 0.840. The second kappa shape index (κ2) is 4.77. The summed E-state index contributed by atoms with van der Waals surface area (Å²) >= 11 is 0. The van der Waals surface area contributed by atoms with Crippen LogP contribution < -0.4 is 5.32 Å². The van der Waals surface area contributed by atoms with Gasteiger partial charge in [0.05, 0.1) is 0 Å². The number of halogens is 1. The lowest BCUT2D eigenvalue weighted by Crippen LogP contribution is -2.37. The number of nitrogens with one attached hydrogen (secondary N) is 1. The number of rotatable bonds is 3. The first-order valence-electron chi connectivity index (χ1n) is 6.47. The van der Waals surface area contributed by atoms with E-state index in [1.54, 1.807) is 13.0 Å². The van der Waals surface area contributed by atoms with E-state index in [-0.39, 0.29) is 5.82 Å². The van der Waals surface area contributed by atoms with Crippen molar-refractivity contribution in [1.29, 1.82) is 0 Å². The van der Waals surface area contributed by atoms with Gasteiger partial charge in [0, 0.05) is 12.6 Å². The molecule has 0 saturated heterocycles. The topological polar surface area (TPSA) is 12.0 Å². The predicted octanol–water partition coefficient (Wildman–Crippen LogP) is 3.80. The monoisotopic (exact) mass is 235 g/mol. The van der Waals surface area contributed by atoms with Crippen molar-refractivity contribution >= 4 is 0 Å². The van der Waals surface area contributed by atoms with Crippen molar-refractivity contribution in [1.82, 2.24) is 5.32 Å². The summed E-state index contributed by atoms with van der Waals surface area (Å²) < 4.78 is 13.4. The van der Waals surface area contributed by atoms with Crippen molar-refractivity contribution in [3.63, 3.8) is 0 Å². The summed E-state index contributed by atoms with van der Waals surface area (Å²) in [6.07, 6.45) is 3.82. The Kier molecular flexibility index (Phi) is 3.53. The van der Waals surface area contributed by atoms with Gasteiger partial charge in [-0.1, -0.05) is 32.4 Å². The Balaban J connectivity index is 1.96. The van der Waals surface area contributed by atoms with Crippen LogP contribution in [0.15, 0.2) is 18.2 Å². The lowest BCUT2D eigenvalue weighted by atomic mass is 9.87. The van der Waals surface area contributed by atoms with Gasteiger partial charge >= 0.3 is 0 Å². The minimum Gasteiger partial charge on any atom is -0.309 e. The van der Waals surface area contributed by atoms with Gasteiger partial charge < -0.3 is 5.32 Å². The van der Waals surface area contributed by atoms with Crippen molar-refractivity contribution in [3.8, 4) is 0 Å². The maximum absolute atomic E-state index is 13.4. The average Bonchev–Trinajstić information content (AvgIpc) is 2.60. The van der Waals surface area contributed by atoms with E-state index in [9.17, 15) is 4.39 Å². The molecule has 1 aromatic carbocycles. The molecule has 17 heavy (non-hydrogen) atoms. The second-order valence-corrected chi connectivity index (χ2v) is 5.90. The molecule has 1 fully saturated rings. The van der Waals surface area contributed by atoms with Gasteiger partial charge in [0.1, 0.15) is 5.82 Å². The van der Waals surface area contributed by atoms with Crippen LogP contribution in [0.5, 0.6) is 0 Å². The first-order valence-corrected chi connectivity index (χ1v) is 6.47. The summed E-state index contributed by atoms with van der Waals surface area (Å²) in [6.45, 7) is 7.19. The molecule has 1 atom stereocenters. The zero-order valence-electron chi connectivity index (χ0n) is 11.0. The molecule has 0 heterocycles. The molecular formula is C15H22FN. The highest BCUT2D eigenvalue weighted by Gasteiger charge is 2.33. The molecule has 1 saturated carbocycles. The third kappa shape index (κ3) is 2.86. The van der Waals surface area contributed by atoms with Crippen molar-refractivity contribution in [2.45, 2.75) is 52.6 Å². The fourth-order valence-electron chi connectivity index (χ4n) is 2.69. The van der Waals surface area contributed by atoms with Crippen LogP contribution in [-0.4, -0.2) is 6.04 Å². The van der Waals surface area contributed by atoms with Crippen molar-refractivity contribution in [2.75, 3.05) is 0 Å². The van der Waals surface area contributed by atoms with E-state index in [4.69, 9.17) is 0 Å². The fourth-order valence-corrected chi connectivity index (χ4v) is 2.69. The molecule has 0 amide bonds. The molecule has 1 aliphatic rings. The molecule has 94 valence electrons. The van der Waals surface area contributed by atoms with E-state index < -0.39 is 0 Å². The van der Waals surface area contributed by atoms with Crippen LogP contribution in [0.25, 0.3) is 0 Å². The Morgan fingerprint density at radius 1 is 1.41 bits per heavy atom. The zero-order valence-corrected chi connectivity index (χ0v) is 11.0. The zero-order chi connectivity index (χ0) is 12.5. The minimum atomic E-state index is -0.102. The highest BCUT2D eigenvalue weighted by molar-refractivity contribution is 5.23. The van der Waals surface area contributed by atoms with Gasteiger partial charge in [-0.3, -0.25) is 0 Å². The average molecular weight is 235 g/mol. The molecule has 1 nitrogen and oxygen atoms in total. The van der Waals surface area contributed by atoms with Gasteiger partial charge in [-0.15, -0.1) is 0 Å². The lowest BCUT2D eigenvalue weighted by molar-refractivity contribution is 0.282. The molecule has 0 radical (unpaired) electrons. The van der Waals surface area contributed by atoms with E-state index >= 15 is 0 Å². The Morgan fingerprint density at radius 3 is 2.76 bits per heavy atom. The third-order valence-corrected chi connectivity index (χ3v) is 4.05. The molecule has 2 heteroatoms. The molecule has 1 aliphatic carbocycles. The Morgan fingerprint density at radius 2 is 2.18 bits per heavy atom. The van der Waals surface area contributed by atoms with Crippen molar-refractivity contribution < 1.29 is 4.39 Å². The molecule has 1 N–H and O–H groups in total. The maximum Gasteiger partial charge on any atom is 0.126 e. The van der Waals surface area contributed by atoms with Gasteiger partial charge in [-0.25, -0.2) is 4.39 Å². The predicted molar refractivity (Wildman–Crippen MR) is 69.4 cm³/mol. The lowest BCUT2D eigenvalue weighted by Gasteiger charge is -2.28. The normalized spacial score (nSPS) is 22.9. The maximum atomic E-state index is 13.4. The van der Waals surface area contributed by atoms with Crippen LogP contribution in [0.1, 0.15) is 44.2 Å². The molecule has 2 rings (SSSR count). The van der Waals surface area contributed by atoms with Gasteiger partial charge in [-0.05, 0) is 42.4 Å². The standard InChI is InChI=1S/C15H22FN/c1-11-6-7-12(9-13(11)16)10-17-14-5-4-8-15(14,2)3/h6-7,9,14,17H,4-5,8,10H2,1-3H3.